The molecule has 1 saturated heterocycles. The van der Waals surface area contributed by atoms with Gasteiger partial charge in [-0.3, -0.25) is 9.59 Å². The van der Waals surface area contributed by atoms with Gasteiger partial charge in [-0.2, -0.15) is 0 Å². The molecular formula is C30H34N2O4. The Hall–Kier alpha value is -3.64. The molecule has 0 aromatic heterocycles. The number of aliphatic hydroxyl groups is 1. The van der Waals surface area contributed by atoms with Crippen molar-refractivity contribution in [3.63, 3.8) is 0 Å². The van der Waals surface area contributed by atoms with Crippen molar-refractivity contribution in [2.24, 2.45) is 0 Å². The molecule has 1 aliphatic rings. The fourth-order valence-electron chi connectivity index (χ4n) is 4.96. The van der Waals surface area contributed by atoms with Crippen LogP contribution in [-0.4, -0.2) is 60.9 Å². The van der Waals surface area contributed by atoms with Crippen LogP contribution in [0.1, 0.15) is 48.1 Å². The number of carbonyl (C=O) groups is 2. The van der Waals surface area contributed by atoms with E-state index in [1.807, 2.05) is 94.4 Å². The van der Waals surface area contributed by atoms with E-state index in [4.69, 9.17) is 4.74 Å². The first-order chi connectivity index (χ1) is 17.1. The Morgan fingerprint density at radius 2 is 1.78 bits per heavy atom. The summed E-state index contributed by atoms with van der Waals surface area (Å²) < 4.78 is 5.56. The maximum absolute atomic E-state index is 13.5. The summed E-state index contributed by atoms with van der Waals surface area (Å²) in [5, 5.41) is 13.6. The monoisotopic (exact) mass is 486 g/mol. The molecule has 188 valence electrons. The van der Waals surface area contributed by atoms with E-state index in [9.17, 15) is 14.7 Å². The molecule has 0 bridgehead atoms. The minimum atomic E-state index is -0.694. The molecule has 1 unspecified atom stereocenters. The zero-order valence-corrected chi connectivity index (χ0v) is 21.8. The number of likely N-dealkylation sites (tertiary alicyclic amines) is 1. The molecule has 4 rings (SSSR count). The number of nitrogens with zero attached hydrogens (tertiary/aromatic N) is 2. The van der Waals surface area contributed by atoms with Crippen molar-refractivity contribution < 1.29 is 19.4 Å². The van der Waals surface area contributed by atoms with Gasteiger partial charge in [0.15, 0.2) is 0 Å². The molecule has 1 aliphatic heterocycles. The van der Waals surface area contributed by atoms with Crippen LogP contribution in [-0.2, 0) is 9.59 Å². The minimum absolute atomic E-state index is 0.123. The first-order valence-corrected chi connectivity index (χ1v) is 12.2. The van der Waals surface area contributed by atoms with Gasteiger partial charge in [-0.25, -0.2) is 0 Å². The topological polar surface area (TPSA) is 70.1 Å². The Bertz CT molecular complexity index is 1350. The highest BCUT2D eigenvalue weighted by atomic mass is 16.5. The molecule has 0 radical (unpaired) electrons. The molecule has 0 aliphatic carbocycles. The van der Waals surface area contributed by atoms with Crippen molar-refractivity contribution in [1.82, 2.24) is 9.80 Å². The van der Waals surface area contributed by atoms with Crippen LogP contribution in [0.25, 0.3) is 16.5 Å². The number of Topliss-reactive ketones (excluding diaryl/α,β-unsaturated/α-hetero) is 1. The first kappa shape index (κ1) is 25.5. The van der Waals surface area contributed by atoms with Gasteiger partial charge in [-0.15, -0.1) is 0 Å². The number of benzene rings is 3. The van der Waals surface area contributed by atoms with Gasteiger partial charge in [0.05, 0.1) is 18.7 Å². The molecule has 3 aromatic carbocycles. The van der Waals surface area contributed by atoms with E-state index in [2.05, 4.69) is 0 Å². The minimum Gasteiger partial charge on any atom is -0.507 e. The maximum atomic E-state index is 13.5. The molecule has 1 N–H and O–H groups in total. The van der Waals surface area contributed by atoms with E-state index in [0.29, 0.717) is 18.7 Å². The quantitative estimate of drug-likeness (QED) is 0.280. The molecule has 0 spiro atoms. The van der Waals surface area contributed by atoms with E-state index in [0.717, 1.165) is 33.2 Å². The lowest BCUT2D eigenvalue weighted by Gasteiger charge is -2.27. The number of amides is 1. The summed E-state index contributed by atoms with van der Waals surface area (Å²) >= 11 is 0. The Kier molecular flexibility index (Phi) is 7.18. The highest BCUT2D eigenvalue weighted by molar-refractivity contribution is 6.46. The lowest BCUT2D eigenvalue weighted by atomic mass is 9.89. The fourth-order valence-corrected chi connectivity index (χ4v) is 4.96. The van der Waals surface area contributed by atoms with Gasteiger partial charge in [0.25, 0.3) is 11.7 Å². The zero-order chi connectivity index (χ0) is 26.1. The van der Waals surface area contributed by atoms with E-state index >= 15 is 0 Å². The fraction of sp³-hybridized carbons (Fsp3) is 0.333. The summed E-state index contributed by atoms with van der Waals surface area (Å²) in [6.45, 7) is 6.92. The van der Waals surface area contributed by atoms with Gasteiger partial charge in [-0.1, -0.05) is 56.3 Å². The molecule has 1 heterocycles. The van der Waals surface area contributed by atoms with Crippen molar-refractivity contribution in [3.8, 4) is 5.75 Å². The summed E-state index contributed by atoms with van der Waals surface area (Å²) in [4.78, 5) is 30.4. The van der Waals surface area contributed by atoms with Gasteiger partial charge in [-0.05, 0) is 66.5 Å². The molecule has 0 saturated carbocycles. The van der Waals surface area contributed by atoms with E-state index < -0.39 is 17.7 Å². The molecule has 3 aromatic rings. The van der Waals surface area contributed by atoms with Gasteiger partial charge in [0.1, 0.15) is 11.5 Å². The third kappa shape index (κ3) is 4.49. The number of aliphatic hydroxyl groups excluding tert-OH is 1. The largest absolute Gasteiger partial charge is 0.507 e. The summed E-state index contributed by atoms with van der Waals surface area (Å²) in [5.41, 5.74) is 3.18. The lowest BCUT2D eigenvalue weighted by Crippen LogP contribution is -2.35. The number of ketones is 1. The molecule has 1 fully saturated rings. The van der Waals surface area contributed by atoms with Crippen molar-refractivity contribution in [3.05, 3.63) is 82.4 Å². The lowest BCUT2D eigenvalue weighted by molar-refractivity contribution is -0.140. The smallest absolute Gasteiger partial charge is 0.295 e. The van der Waals surface area contributed by atoms with Crippen LogP contribution in [0.2, 0.25) is 0 Å². The van der Waals surface area contributed by atoms with Crippen LogP contribution in [0, 0.1) is 6.92 Å². The molecule has 6 nitrogen and oxygen atoms in total. The SMILES string of the molecule is COc1cc(C)c(/C(O)=C2\C(=O)C(=O)N(CCN(C)C)C2c2cccc3ccccc23)cc1C(C)C. The average molecular weight is 487 g/mol. The van der Waals surface area contributed by atoms with E-state index in [1.54, 1.807) is 12.0 Å². The summed E-state index contributed by atoms with van der Waals surface area (Å²) in [6, 6.07) is 16.8. The maximum Gasteiger partial charge on any atom is 0.295 e. The standard InChI is InChI=1S/C30H34N2O4/c1-18(2)23-17-24(19(3)16-25(23)36-6)28(33)26-27(32(15-14-31(4)5)30(35)29(26)34)22-13-9-11-20-10-7-8-12-21(20)22/h7-13,16-18,27,33H,14-15H2,1-6H3/b28-26+. The summed E-state index contributed by atoms with van der Waals surface area (Å²) in [6.07, 6.45) is 0. The number of fused-ring (bicyclic) bond motifs is 1. The van der Waals surface area contributed by atoms with Crippen molar-refractivity contribution in [1.29, 1.82) is 0 Å². The third-order valence-corrected chi connectivity index (χ3v) is 6.90. The van der Waals surface area contributed by atoms with Gasteiger partial charge in [0, 0.05) is 18.7 Å². The second-order valence-electron chi connectivity index (χ2n) is 9.93. The Labute approximate surface area is 212 Å². The van der Waals surface area contributed by atoms with E-state index in [-0.39, 0.29) is 17.3 Å². The predicted molar refractivity (Wildman–Crippen MR) is 143 cm³/mol. The Balaban J connectivity index is 1.98. The highest BCUT2D eigenvalue weighted by Gasteiger charge is 2.46. The summed E-state index contributed by atoms with van der Waals surface area (Å²) in [7, 11) is 5.48. The molecular weight excluding hydrogens is 452 g/mol. The second kappa shape index (κ2) is 10.2. The van der Waals surface area contributed by atoms with Crippen LogP contribution >= 0.6 is 0 Å². The predicted octanol–water partition coefficient (Wildman–Crippen LogP) is 5.26. The zero-order valence-electron chi connectivity index (χ0n) is 21.8. The first-order valence-electron chi connectivity index (χ1n) is 12.2. The number of methoxy groups -OCH3 is 1. The number of hydrogen-bond acceptors (Lipinski definition) is 5. The van der Waals surface area contributed by atoms with Crippen molar-refractivity contribution >= 4 is 28.2 Å². The third-order valence-electron chi connectivity index (χ3n) is 6.90. The van der Waals surface area contributed by atoms with Crippen LogP contribution in [0.5, 0.6) is 5.75 Å². The van der Waals surface area contributed by atoms with Crippen molar-refractivity contribution in [2.75, 3.05) is 34.3 Å². The van der Waals surface area contributed by atoms with Crippen LogP contribution in [0.4, 0.5) is 0 Å². The van der Waals surface area contributed by atoms with Gasteiger partial charge >= 0.3 is 0 Å². The number of rotatable bonds is 7. The molecule has 1 amide bonds. The normalized spacial score (nSPS) is 17.6. The van der Waals surface area contributed by atoms with Crippen molar-refractivity contribution in [2.45, 2.75) is 32.7 Å². The molecule has 6 heteroatoms. The van der Waals surface area contributed by atoms with Gasteiger partial charge < -0.3 is 19.6 Å². The van der Waals surface area contributed by atoms with Gasteiger partial charge in [0.2, 0.25) is 0 Å². The van der Waals surface area contributed by atoms with Crippen LogP contribution in [0.15, 0.2) is 60.2 Å². The van der Waals surface area contributed by atoms with E-state index in [1.165, 1.54) is 0 Å². The highest BCUT2D eigenvalue weighted by Crippen LogP contribution is 2.43. The van der Waals surface area contributed by atoms with Crippen LogP contribution in [0.3, 0.4) is 0 Å². The Morgan fingerprint density at radius 3 is 2.44 bits per heavy atom. The number of carbonyl (C=O) groups excluding carboxylic acids is 2. The number of hydrogen-bond donors (Lipinski definition) is 1. The Morgan fingerprint density at radius 1 is 1.08 bits per heavy atom. The number of ether oxygens (including phenoxy) is 1. The number of likely N-dealkylation sites (N-methyl/N-ethyl adjacent to an activating group) is 1. The second-order valence-corrected chi connectivity index (χ2v) is 9.93. The molecule has 36 heavy (non-hydrogen) atoms. The summed E-state index contributed by atoms with van der Waals surface area (Å²) in [5.74, 6) is -0.530. The number of aryl methyl sites for hydroxylation is 1. The van der Waals surface area contributed by atoms with Crippen LogP contribution < -0.4 is 4.74 Å². The average Bonchev–Trinajstić information content (AvgIpc) is 3.10. The molecule has 1 atom stereocenters.